The second-order valence-electron chi connectivity index (χ2n) is 6.34. The van der Waals surface area contributed by atoms with Gasteiger partial charge in [-0.2, -0.15) is 0 Å². The van der Waals surface area contributed by atoms with Crippen LogP contribution in [0.4, 0.5) is 0 Å². The predicted octanol–water partition coefficient (Wildman–Crippen LogP) is 1.95. The molecule has 0 fully saturated rings. The molecule has 6 nitrogen and oxygen atoms in total. The molecule has 0 spiro atoms. The van der Waals surface area contributed by atoms with Crippen molar-refractivity contribution in [2.45, 2.75) is 39.3 Å². The van der Waals surface area contributed by atoms with E-state index in [1.54, 1.807) is 6.07 Å². The highest BCUT2D eigenvalue weighted by molar-refractivity contribution is 5.94. The van der Waals surface area contributed by atoms with E-state index in [9.17, 15) is 14.4 Å². The number of pyridine rings is 1. The number of primary amides is 1. The van der Waals surface area contributed by atoms with Crippen LogP contribution < -0.4 is 16.6 Å². The van der Waals surface area contributed by atoms with Gasteiger partial charge in [0.2, 0.25) is 5.91 Å². The second kappa shape index (κ2) is 7.79. The first kappa shape index (κ1) is 18.4. The van der Waals surface area contributed by atoms with E-state index in [4.69, 9.17) is 5.73 Å². The summed E-state index contributed by atoms with van der Waals surface area (Å²) in [6, 6.07) is 10.7. The molecule has 1 aromatic heterocycles. The largest absolute Gasteiger partial charge is 0.368 e. The van der Waals surface area contributed by atoms with Crippen molar-refractivity contribution in [1.82, 2.24) is 9.88 Å². The summed E-state index contributed by atoms with van der Waals surface area (Å²) in [7, 11) is 0. The number of carbonyl (C=O) groups excluding carboxylic acids is 2. The van der Waals surface area contributed by atoms with Crippen molar-refractivity contribution >= 4 is 11.8 Å². The molecule has 0 aliphatic heterocycles. The van der Waals surface area contributed by atoms with Crippen LogP contribution in [0.15, 0.2) is 47.4 Å². The number of aromatic nitrogens is 1. The molecule has 25 heavy (non-hydrogen) atoms. The Morgan fingerprint density at radius 1 is 1.08 bits per heavy atom. The van der Waals surface area contributed by atoms with Gasteiger partial charge in [0.05, 0.1) is 6.04 Å². The monoisotopic (exact) mass is 341 g/mol. The maximum atomic E-state index is 12.4. The molecule has 0 unspecified atom stereocenters. The van der Waals surface area contributed by atoms with Gasteiger partial charge in [-0.3, -0.25) is 14.4 Å². The Hall–Kier alpha value is -2.89. The summed E-state index contributed by atoms with van der Waals surface area (Å²) >= 11 is 0. The van der Waals surface area contributed by atoms with Gasteiger partial charge < -0.3 is 15.6 Å². The van der Waals surface area contributed by atoms with Crippen molar-refractivity contribution < 1.29 is 9.59 Å². The minimum absolute atomic E-state index is 0.0191. The van der Waals surface area contributed by atoms with Crippen LogP contribution in [0.25, 0.3) is 0 Å². The normalized spacial score (nSPS) is 12.0. The summed E-state index contributed by atoms with van der Waals surface area (Å²) in [5, 5.41) is 2.81. The van der Waals surface area contributed by atoms with Crippen LogP contribution in [0.1, 0.15) is 54.2 Å². The third-order valence-electron chi connectivity index (χ3n) is 4.04. The number of rotatable bonds is 6. The molecule has 0 aliphatic rings. The van der Waals surface area contributed by atoms with Gasteiger partial charge in [-0.25, -0.2) is 0 Å². The van der Waals surface area contributed by atoms with Gasteiger partial charge in [-0.15, -0.1) is 0 Å². The number of hydrogen-bond donors (Lipinski definition) is 2. The minimum atomic E-state index is -0.640. The van der Waals surface area contributed by atoms with Gasteiger partial charge in [0, 0.05) is 6.20 Å². The van der Waals surface area contributed by atoms with Gasteiger partial charge in [0.25, 0.3) is 11.5 Å². The molecule has 132 valence electrons. The average molecular weight is 341 g/mol. The molecule has 2 rings (SSSR count). The SMILES string of the molecule is CC(C)c1ccc([C@@H](C)NC(=O)c2cccn(CC(N)=O)c2=O)cc1. The second-order valence-corrected chi connectivity index (χ2v) is 6.34. The van der Waals surface area contributed by atoms with Crippen molar-refractivity contribution in [1.29, 1.82) is 0 Å². The zero-order valence-corrected chi connectivity index (χ0v) is 14.7. The lowest BCUT2D eigenvalue weighted by Gasteiger charge is -2.16. The van der Waals surface area contributed by atoms with Crippen molar-refractivity contribution in [3.63, 3.8) is 0 Å². The Labute approximate surface area is 146 Å². The van der Waals surface area contributed by atoms with Crippen LogP contribution in [-0.2, 0) is 11.3 Å². The molecule has 0 bridgehead atoms. The topological polar surface area (TPSA) is 94.2 Å². The fourth-order valence-corrected chi connectivity index (χ4v) is 2.53. The Morgan fingerprint density at radius 3 is 2.24 bits per heavy atom. The Bertz CT molecular complexity index is 823. The molecule has 1 atom stereocenters. The van der Waals surface area contributed by atoms with E-state index in [1.807, 2.05) is 31.2 Å². The molecule has 1 aromatic carbocycles. The number of amides is 2. The molecule has 0 aliphatic carbocycles. The molecule has 6 heteroatoms. The first-order chi connectivity index (χ1) is 11.8. The number of nitrogens with zero attached hydrogens (tertiary/aromatic N) is 1. The molecule has 2 amide bonds. The van der Waals surface area contributed by atoms with Gasteiger partial charge in [0.1, 0.15) is 12.1 Å². The number of nitrogens with two attached hydrogens (primary N) is 1. The van der Waals surface area contributed by atoms with Crippen LogP contribution >= 0.6 is 0 Å². The lowest BCUT2D eigenvalue weighted by atomic mass is 9.99. The van der Waals surface area contributed by atoms with E-state index in [0.29, 0.717) is 5.92 Å². The Morgan fingerprint density at radius 2 is 1.68 bits per heavy atom. The van der Waals surface area contributed by atoms with E-state index in [2.05, 4.69) is 19.2 Å². The first-order valence-corrected chi connectivity index (χ1v) is 8.18. The maximum Gasteiger partial charge on any atom is 0.263 e. The van der Waals surface area contributed by atoms with E-state index >= 15 is 0 Å². The summed E-state index contributed by atoms with van der Waals surface area (Å²) in [5.74, 6) is -0.686. The summed E-state index contributed by atoms with van der Waals surface area (Å²) in [6.45, 7) is 5.83. The predicted molar refractivity (Wildman–Crippen MR) is 96.3 cm³/mol. The smallest absolute Gasteiger partial charge is 0.263 e. The van der Waals surface area contributed by atoms with Gasteiger partial charge in [0.15, 0.2) is 0 Å². The van der Waals surface area contributed by atoms with Gasteiger partial charge >= 0.3 is 0 Å². The maximum absolute atomic E-state index is 12.4. The zero-order chi connectivity index (χ0) is 18.6. The van der Waals surface area contributed by atoms with Crippen LogP contribution in [0.2, 0.25) is 0 Å². The lowest BCUT2D eigenvalue weighted by Crippen LogP contribution is -2.35. The van der Waals surface area contributed by atoms with Crippen molar-refractivity contribution in [3.8, 4) is 0 Å². The first-order valence-electron chi connectivity index (χ1n) is 8.18. The van der Waals surface area contributed by atoms with Crippen molar-refractivity contribution in [3.05, 3.63) is 69.6 Å². The average Bonchev–Trinajstić information content (AvgIpc) is 2.56. The summed E-state index contributed by atoms with van der Waals surface area (Å²) in [6.07, 6.45) is 1.43. The van der Waals surface area contributed by atoms with Crippen molar-refractivity contribution in [2.75, 3.05) is 0 Å². The molecule has 0 saturated heterocycles. The lowest BCUT2D eigenvalue weighted by molar-refractivity contribution is -0.118. The van der Waals surface area contributed by atoms with E-state index in [1.165, 1.54) is 17.8 Å². The molecule has 0 saturated carbocycles. The molecule has 1 heterocycles. The summed E-state index contributed by atoms with van der Waals surface area (Å²) in [4.78, 5) is 35.7. The Balaban J connectivity index is 2.16. The third kappa shape index (κ3) is 4.56. The Kier molecular flexibility index (Phi) is 5.75. The third-order valence-corrected chi connectivity index (χ3v) is 4.04. The highest BCUT2D eigenvalue weighted by Crippen LogP contribution is 2.18. The number of nitrogens with one attached hydrogen (secondary N) is 1. The van der Waals surface area contributed by atoms with E-state index in [-0.39, 0.29) is 18.2 Å². The fourth-order valence-electron chi connectivity index (χ4n) is 2.53. The van der Waals surface area contributed by atoms with Crippen LogP contribution in [0.5, 0.6) is 0 Å². The minimum Gasteiger partial charge on any atom is -0.368 e. The summed E-state index contributed by atoms with van der Waals surface area (Å²) < 4.78 is 1.12. The highest BCUT2D eigenvalue weighted by Gasteiger charge is 2.16. The molecule has 3 N–H and O–H groups in total. The van der Waals surface area contributed by atoms with Crippen LogP contribution in [-0.4, -0.2) is 16.4 Å². The number of benzene rings is 1. The number of hydrogen-bond acceptors (Lipinski definition) is 3. The van der Waals surface area contributed by atoms with Crippen LogP contribution in [0, 0.1) is 0 Å². The molecule has 0 radical (unpaired) electrons. The number of carbonyl (C=O) groups is 2. The van der Waals surface area contributed by atoms with Gasteiger partial charge in [-0.1, -0.05) is 38.1 Å². The van der Waals surface area contributed by atoms with Gasteiger partial charge in [-0.05, 0) is 36.1 Å². The molecular weight excluding hydrogens is 318 g/mol. The van der Waals surface area contributed by atoms with E-state index in [0.717, 1.165) is 10.1 Å². The van der Waals surface area contributed by atoms with E-state index < -0.39 is 17.4 Å². The fraction of sp³-hybridized carbons (Fsp3) is 0.316. The molecular formula is C19H23N3O3. The highest BCUT2D eigenvalue weighted by atomic mass is 16.2. The summed E-state index contributed by atoms with van der Waals surface area (Å²) in [5.41, 5.74) is 6.72. The standard InChI is InChI=1S/C19H23N3O3/c1-12(2)14-6-8-15(9-7-14)13(3)21-18(24)16-5-4-10-22(19(16)25)11-17(20)23/h4-10,12-13H,11H2,1-3H3,(H2,20,23)(H,21,24)/t13-/m1/s1. The van der Waals surface area contributed by atoms with Crippen LogP contribution in [0.3, 0.4) is 0 Å². The quantitative estimate of drug-likeness (QED) is 0.841. The van der Waals surface area contributed by atoms with Crippen molar-refractivity contribution in [2.24, 2.45) is 5.73 Å². The molecule has 2 aromatic rings. The zero-order valence-electron chi connectivity index (χ0n) is 14.7.